The molecule has 8 nitrogen and oxygen atoms in total. The summed E-state index contributed by atoms with van der Waals surface area (Å²) in [6, 6.07) is 7.36. The molecule has 180 valence electrons. The molecular formula is C24H22F3N7O. The second-order valence-electron chi connectivity index (χ2n) is 8.76. The lowest BCUT2D eigenvalue weighted by molar-refractivity contribution is 0.262. The Bertz CT molecular complexity index is 1410. The summed E-state index contributed by atoms with van der Waals surface area (Å²) in [5.74, 6) is -1.58. The highest BCUT2D eigenvalue weighted by Gasteiger charge is 2.24. The maximum absolute atomic E-state index is 14.6. The highest BCUT2D eigenvalue weighted by atomic mass is 19.1. The number of imidazole rings is 1. The number of halogens is 3. The molecule has 0 bridgehead atoms. The molecule has 2 aromatic carbocycles. The number of nitrogens with two attached hydrogens (primary N) is 1. The van der Waals surface area contributed by atoms with E-state index >= 15 is 0 Å². The van der Waals surface area contributed by atoms with Crippen molar-refractivity contribution in [2.24, 2.45) is 0 Å². The first kappa shape index (κ1) is 23.7. The predicted molar refractivity (Wildman–Crippen MR) is 127 cm³/mol. The average Bonchev–Trinajstić information content (AvgIpc) is 3.24. The van der Waals surface area contributed by atoms with Gasteiger partial charge in [-0.2, -0.15) is 0 Å². The minimum absolute atomic E-state index is 0.0723. The fourth-order valence-electron chi connectivity index (χ4n) is 3.27. The van der Waals surface area contributed by atoms with Crippen molar-refractivity contribution in [1.29, 1.82) is 0 Å². The fourth-order valence-corrected chi connectivity index (χ4v) is 3.27. The van der Waals surface area contributed by atoms with Gasteiger partial charge in [-0.05, 0) is 36.4 Å². The largest absolute Gasteiger partial charge is 0.368 e. The van der Waals surface area contributed by atoms with Gasteiger partial charge in [0, 0.05) is 23.2 Å². The third-order valence-electron chi connectivity index (χ3n) is 5.01. The summed E-state index contributed by atoms with van der Waals surface area (Å²) in [5.41, 5.74) is 6.77. The maximum atomic E-state index is 14.6. The number of carbonyl (C=O) groups excluding carboxylic acids is 1. The van der Waals surface area contributed by atoms with Gasteiger partial charge in [-0.1, -0.05) is 20.8 Å². The standard InChI is InChI=1S/C24H22F3N7O/c1-24(2,3)21-33-19(20(34-21)16-8-9-29-22(28)30-16)12-4-6-14(26)17(10-12)31-23(35)32-18-11-13(25)5-7-15(18)27/h4-11H,1-3H3,(H,33,34)(H2,28,29,30)(H2,31,32,35). The number of amides is 2. The Morgan fingerprint density at radius 2 is 1.60 bits per heavy atom. The Kier molecular flexibility index (Phi) is 6.16. The first-order valence-corrected chi connectivity index (χ1v) is 10.5. The highest BCUT2D eigenvalue weighted by molar-refractivity contribution is 6.00. The van der Waals surface area contributed by atoms with Crippen LogP contribution >= 0.6 is 0 Å². The molecule has 4 aromatic rings. The molecule has 0 saturated carbocycles. The van der Waals surface area contributed by atoms with Crippen molar-refractivity contribution in [3.05, 3.63) is 71.9 Å². The number of nitrogen functional groups attached to an aromatic ring is 1. The number of hydrogen-bond acceptors (Lipinski definition) is 5. The zero-order chi connectivity index (χ0) is 25.3. The summed E-state index contributed by atoms with van der Waals surface area (Å²) in [6.45, 7) is 5.92. The molecule has 5 N–H and O–H groups in total. The predicted octanol–water partition coefficient (Wildman–Crippen LogP) is 5.47. The first-order chi connectivity index (χ1) is 16.5. The van der Waals surface area contributed by atoms with Crippen LogP contribution in [0.2, 0.25) is 0 Å². The highest BCUT2D eigenvalue weighted by Crippen LogP contribution is 2.34. The molecule has 11 heteroatoms. The van der Waals surface area contributed by atoms with Crippen LogP contribution in [0.3, 0.4) is 0 Å². The maximum Gasteiger partial charge on any atom is 0.323 e. The van der Waals surface area contributed by atoms with Gasteiger partial charge >= 0.3 is 6.03 Å². The molecule has 0 aliphatic heterocycles. The molecule has 0 saturated heterocycles. The average molecular weight is 481 g/mol. The van der Waals surface area contributed by atoms with Gasteiger partial charge < -0.3 is 21.4 Å². The lowest BCUT2D eigenvalue weighted by atomic mass is 9.96. The van der Waals surface area contributed by atoms with Gasteiger partial charge in [-0.25, -0.2) is 32.9 Å². The number of hydrogen-bond donors (Lipinski definition) is 4. The number of rotatable bonds is 4. The van der Waals surface area contributed by atoms with Crippen molar-refractivity contribution in [3.63, 3.8) is 0 Å². The van der Waals surface area contributed by atoms with Gasteiger partial charge in [-0.3, -0.25) is 0 Å². The molecule has 0 fully saturated rings. The minimum atomic E-state index is -0.952. The first-order valence-electron chi connectivity index (χ1n) is 10.5. The summed E-state index contributed by atoms with van der Waals surface area (Å²) < 4.78 is 41.8. The van der Waals surface area contributed by atoms with E-state index in [1.807, 2.05) is 20.8 Å². The monoisotopic (exact) mass is 481 g/mol. The van der Waals surface area contributed by atoms with Crippen molar-refractivity contribution < 1.29 is 18.0 Å². The second-order valence-corrected chi connectivity index (χ2v) is 8.76. The number of carbonyl (C=O) groups is 1. The molecule has 0 aliphatic rings. The lowest BCUT2D eigenvalue weighted by Crippen LogP contribution is -2.21. The Morgan fingerprint density at radius 3 is 2.26 bits per heavy atom. The van der Waals surface area contributed by atoms with E-state index in [-0.39, 0.29) is 22.7 Å². The number of nitrogens with one attached hydrogen (secondary N) is 3. The van der Waals surface area contributed by atoms with Crippen molar-refractivity contribution in [1.82, 2.24) is 19.9 Å². The van der Waals surface area contributed by atoms with Crippen molar-refractivity contribution in [3.8, 4) is 22.6 Å². The Balaban J connectivity index is 1.70. The topological polar surface area (TPSA) is 122 Å². The van der Waals surface area contributed by atoms with E-state index in [0.717, 1.165) is 24.3 Å². The molecule has 2 heterocycles. The summed E-state index contributed by atoms with van der Waals surface area (Å²) in [4.78, 5) is 28.5. The van der Waals surface area contributed by atoms with Crippen LogP contribution < -0.4 is 16.4 Å². The number of anilines is 3. The molecule has 35 heavy (non-hydrogen) atoms. The number of H-pyrrole nitrogens is 1. The van der Waals surface area contributed by atoms with Gasteiger partial charge in [0.15, 0.2) is 0 Å². The van der Waals surface area contributed by atoms with E-state index < -0.39 is 23.5 Å². The van der Waals surface area contributed by atoms with Crippen LogP contribution in [-0.2, 0) is 5.41 Å². The van der Waals surface area contributed by atoms with E-state index in [1.54, 1.807) is 6.07 Å². The van der Waals surface area contributed by atoms with Crippen LogP contribution in [0.5, 0.6) is 0 Å². The number of urea groups is 1. The molecular weight excluding hydrogens is 459 g/mol. The molecule has 0 spiro atoms. The minimum Gasteiger partial charge on any atom is -0.368 e. The van der Waals surface area contributed by atoms with E-state index in [9.17, 15) is 18.0 Å². The summed E-state index contributed by atoms with van der Waals surface area (Å²) in [6.07, 6.45) is 1.51. The van der Waals surface area contributed by atoms with Gasteiger partial charge in [0.05, 0.1) is 28.5 Å². The summed E-state index contributed by atoms with van der Waals surface area (Å²) in [5, 5.41) is 4.49. The molecule has 2 amide bonds. The zero-order valence-corrected chi connectivity index (χ0v) is 19.1. The Morgan fingerprint density at radius 1 is 0.943 bits per heavy atom. The van der Waals surface area contributed by atoms with E-state index in [0.29, 0.717) is 28.5 Å². The van der Waals surface area contributed by atoms with Crippen molar-refractivity contribution >= 4 is 23.4 Å². The normalized spacial score (nSPS) is 11.4. The van der Waals surface area contributed by atoms with E-state index in [2.05, 4.69) is 25.6 Å². The molecule has 0 unspecified atom stereocenters. The molecule has 0 radical (unpaired) electrons. The number of nitrogens with zero attached hydrogens (tertiary/aromatic N) is 3. The van der Waals surface area contributed by atoms with Gasteiger partial charge in [-0.15, -0.1) is 0 Å². The molecule has 2 aromatic heterocycles. The number of benzene rings is 2. The fraction of sp³-hybridized carbons (Fsp3) is 0.167. The summed E-state index contributed by atoms with van der Waals surface area (Å²) in [7, 11) is 0. The second kappa shape index (κ2) is 9.09. The van der Waals surface area contributed by atoms with E-state index in [1.165, 1.54) is 18.3 Å². The Hall–Kier alpha value is -4.41. The van der Waals surface area contributed by atoms with Crippen molar-refractivity contribution in [2.45, 2.75) is 26.2 Å². The van der Waals surface area contributed by atoms with E-state index in [4.69, 9.17) is 10.7 Å². The number of aromatic nitrogens is 4. The van der Waals surface area contributed by atoms with Crippen LogP contribution in [0.4, 0.5) is 35.3 Å². The zero-order valence-electron chi connectivity index (χ0n) is 19.1. The Labute approximate surface area is 198 Å². The lowest BCUT2D eigenvalue weighted by Gasteiger charge is -2.14. The van der Waals surface area contributed by atoms with Gasteiger partial charge in [0.1, 0.15) is 23.3 Å². The quantitative estimate of drug-likeness (QED) is 0.308. The van der Waals surface area contributed by atoms with Crippen LogP contribution in [0.25, 0.3) is 22.6 Å². The third-order valence-corrected chi connectivity index (χ3v) is 5.01. The SMILES string of the molecule is CC(C)(C)c1nc(-c2ccc(F)c(NC(=O)Nc3cc(F)ccc3F)c2)c(-c2ccnc(N)n2)[nH]1. The smallest absolute Gasteiger partial charge is 0.323 e. The van der Waals surface area contributed by atoms with Crippen LogP contribution in [0, 0.1) is 17.5 Å². The van der Waals surface area contributed by atoms with Crippen LogP contribution in [0.1, 0.15) is 26.6 Å². The summed E-state index contributed by atoms with van der Waals surface area (Å²) >= 11 is 0. The third kappa shape index (κ3) is 5.24. The molecule has 0 aliphatic carbocycles. The van der Waals surface area contributed by atoms with Crippen LogP contribution in [0.15, 0.2) is 48.7 Å². The van der Waals surface area contributed by atoms with Crippen LogP contribution in [-0.4, -0.2) is 26.0 Å². The number of aromatic amines is 1. The van der Waals surface area contributed by atoms with Crippen molar-refractivity contribution in [2.75, 3.05) is 16.4 Å². The van der Waals surface area contributed by atoms with Gasteiger partial charge in [0.2, 0.25) is 5.95 Å². The van der Waals surface area contributed by atoms with Gasteiger partial charge in [0.25, 0.3) is 0 Å². The molecule has 4 rings (SSSR count). The molecule has 0 atom stereocenters.